The molecule has 5 rings (SSSR count). The van der Waals surface area contributed by atoms with E-state index in [1.165, 1.54) is 44.9 Å². The summed E-state index contributed by atoms with van der Waals surface area (Å²) in [7, 11) is 0. The zero-order valence-corrected chi connectivity index (χ0v) is 20.1. The van der Waals surface area contributed by atoms with Crippen molar-refractivity contribution in [2.75, 3.05) is 0 Å². The largest absolute Gasteiger partial charge is 0.390 e. The number of fused-ring (bicyclic) bond motifs is 5. The van der Waals surface area contributed by atoms with E-state index in [1.807, 2.05) is 0 Å². The van der Waals surface area contributed by atoms with Crippen LogP contribution in [0.4, 0.5) is 0 Å². The van der Waals surface area contributed by atoms with Crippen molar-refractivity contribution < 1.29 is 10.2 Å². The van der Waals surface area contributed by atoms with Crippen LogP contribution in [0.2, 0.25) is 0 Å². The molecule has 5 aliphatic rings. The van der Waals surface area contributed by atoms with Crippen molar-refractivity contribution >= 4 is 0 Å². The van der Waals surface area contributed by atoms with Crippen molar-refractivity contribution in [2.45, 2.75) is 130 Å². The van der Waals surface area contributed by atoms with E-state index in [-0.39, 0.29) is 13.0 Å². The molecule has 2 N–H and O–H groups in total. The van der Waals surface area contributed by atoms with Crippen LogP contribution in [0.15, 0.2) is 11.6 Å². The predicted octanol–water partition coefficient (Wildman–Crippen LogP) is 7.28. The third-order valence-electron chi connectivity index (χ3n) is 11.5. The van der Waals surface area contributed by atoms with Crippen LogP contribution in [0.25, 0.3) is 0 Å². The molecule has 0 bridgehead atoms. The van der Waals surface area contributed by atoms with Gasteiger partial charge in [-0.1, -0.05) is 46.8 Å². The molecule has 4 saturated carbocycles. The first-order chi connectivity index (χ1) is 14.1. The maximum Gasteiger partial charge on any atom is 0.0650 e. The molecule has 5 unspecified atom stereocenters. The molecule has 0 aliphatic heterocycles. The summed E-state index contributed by atoms with van der Waals surface area (Å²) < 4.78 is 0. The van der Waals surface area contributed by atoms with Crippen LogP contribution >= 0.6 is 0 Å². The van der Waals surface area contributed by atoms with Gasteiger partial charge in [0.1, 0.15) is 0 Å². The van der Waals surface area contributed by atoms with Crippen LogP contribution in [-0.4, -0.2) is 21.4 Å². The number of allylic oxidation sites excluding steroid dienone is 2. The van der Waals surface area contributed by atoms with Gasteiger partial charge in [-0.15, -0.1) is 0 Å². The van der Waals surface area contributed by atoms with Crippen LogP contribution in [0.1, 0.15) is 119 Å². The molecule has 0 amide bonds. The summed E-state index contributed by atoms with van der Waals surface area (Å²) in [5.41, 5.74) is 1.91. The van der Waals surface area contributed by atoms with E-state index in [2.05, 4.69) is 33.8 Å². The lowest BCUT2D eigenvalue weighted by Crippen LogP contribution is -2.51. The second-order valence-corrected chi connectivity index (χ2v) is 13.0. The molecule has 5 aliphatic carbocycles. The lowest BCUT2D eigenvalue weighted by Gasteiger charge is -2.58. The molecule has 0 heterocycles. The monoisotopic (exact) mass is 430 g/mol. The van der Waals surface area contributed by atoms with E-state index < -0.39 is 5.60 Å². The molecular weight excluding hydrogens is 380 g/mol. The maximum absolute atomic E-state index is 11.0. The Hall–Kier alpha value is -0.340. The van der Waals surface area contributed by atoms with Gasteiger partial charge in [0.05, 0.1) is 11.2 Å². The molecule has 0 radical (unpaired) electrons. The molecule has 4 fully saturated rings. The minimum atomic E-state index is -0.403. The average Bonchev–Trinajstić information content (AvgIpc) is 3.35. The summed E-state index contributed by atoms with van der Waals surface area (Å²) in [5, 5.41) is 21.3. The molecule has 0 aromatic rings. The highest BCUT2D eigenvalue weighted by molar-refractivity contribution is 5.29. The number of aliphatic hydroxyl groups is 2. The van der Waals surface area contributed by atoms with E-state index in [0.717, 1.165) is 62.2 Å². The molecule has 0 saturated heterocycles. The Bertz CT molecular complexity index is 708. The van der Waals surface area contributed by atoms with E-state index in [1.54, 1.807) is 5.57 Å². The highest BCUT2D eigenvalue weighted by Crippen LogP contribution is 2.67. The van der Waals surface area contributed by atoms with Gasteiger partial charge in [-0.2, -0.15) is 0 Å². The lowest BCUT2D eigenvalue weighted by atomic mass is 9.47. The fourth-order valence-electron chi connectivity index (χ4n) is 8.98. The van der Waals surface area contributed by atoms with E-state index in [9.17, 15) is 10.2 Å². The number of hydrogen-bond donors (Lipinski definition) is 2. The van der Waals surface area contributed by atoms with Crippen molar-refractivity contribution in [3.05, 3.63) is 11.6 Å². The first-order valence-corrected chi connectivity index (χ1v) is 13.3. The van der Waals surface area contributed by atoms with Crippen LogP contribution in [0, 0.1) is 40.4 Å². The number of rotatable bonds is 5. The Morgan fingerprint density at radius 3 is 2.39 bits per heavy atom. The first-order valence-electron chi connectivity index (χ1n) is 13.3. The average molecular weight is 431 g/mol. The van der Waals surface area contributed by atoms with Crippen LogP contribution < -0.4 is 0 Å². The number of hydrogen-bond acceptors (Lipinski definition) is 2. The third kappa shape index (κ3) is 3.76. The van der Waals surface area contributed by atoms with Crippen molar-refractivity contribution in [1.82, 2.24) is 0 Å². The van der Waals surface area contributed by atoms with Gasteiger partial charge >= 0.3 is 0 Å². The van der Waals surface area contributed by atoms with Crippen LogP contribution in [-0.2, 0) is 0 Å². The van der Waals surface area contributed by atoms with Crippen molar-refractivity contribution in [3.63, 3.8) is 0 Å². The SMILES string of the molecule is C.CC[C@]1(O)CCC2(C)C3=CCC4(C)C(CCC4[C@H](C)CCC4(O)CC4)C3CC[C@H]2C1. The van der Waals surface area contributed by atoms with Gasteiger partial charge < -0.3 is 10.2 Å². The van der Waals surface area contributed by atoms with Crippen LogP contribution in [0.5, 0.6) is 0 Å². The predicted molar refractivity (Wildman–Crippen MR) is 130 cm³/mol. The summed E-state index contributed by atoms with van der Waals surface area (Å²) in [6.45, 7) is 9.82. The molecule has 31 heavy (non-hydrogen) atoms. The summed E-state index contributed by atoms with van der Waals surface area (Å²) in [4.78, 5) is 0. The maximum atomic E-state index is 11.0. The summed E-state index contributed by atoms with van der Waals surface area (Å²) >= 11 is 0. The minimum Gasteiger partial charge on any atom is -0.390 e. The molecule has 2 nitrogen and oxygen atoms in total. The molecule has 0 spiro atoms. The van der Waals surface area contributed by atoms with Gasteiger partial charge in [0.15, 0.2) is 0 Å². The van der Waals surface area contributed by atoms with Gasteiger partial charge in [0, 0.05) is 0 Å². The second-order valence-electron chi connectivity index (χ2n) is 13.0. The minimum absolute atomic E-state index is 0. The molecule has 0 aromatic carbocycles. The van der Waals surface area contributed by atoms with E-state index in [0.29, 0.717) is 16.7 Å². The van der Waals surface area contributed by atoms with Crippen LogP contribution in [0.3, 0.4) is 0 Å². The summed E-state index contributed by atoms with van der Waals surface area (Å²) in [6, 6.07) is 0. The Morgan fingerprint density at radius 1 is 1.00 bits per heavy atom. The molecular formula is C29H50O2. The smallest absolute Gasteiger partial charge is 0.0650 e. The Balaban J connectivity index is 0.00000231. The Labute approximate surface area is 192 Å². The first kappa shape index (κ1) is 23.8. The van der Waals surface area contributed by atoms with E-state index >= 15 is 0 Å². The Morgan fingerprint density at radius 2 is 1.71 bits per heavy atom. The molecule has 0 aromatic heterocycles. The zero-order chi connectivity index (χ0) is 21.4. The standard InChI is InChI=1S/C28H46O2.CH4/c1-5-27(29)15-14-25(3)20(18-27)6-7-21-23-9-8-22(26(23,4)12-11-24(21)25)19(2)10-13-28(30)16-17-28;/h11,19-23,29-30H,5-10,12-18H2,1-4H3;1H4/t19-,20+,21?,22?,23?,25?,26?,27+;/m1./s1. The van der Waals surface area contributed by atoms with Crippen molar-refractivity contribution in [3.8, 4) is 0 Å². The van der Waals surface area contributed by atoms with E-state index in [4.69, 9.17) is 0 Å². The molecule has 8 atom stereocenters. The normalized spacial score (nSPS) is 48.5. The highest BCUT2D eigenvalue weighted by atomic mass is 16.3. The molecule has 178 valence electrons. The fourth-order valence-corrected chi connectivity index (χ4v) is 8.98. The van der Waals surface area contributed by atoms with Crippen molar-refractivity contribution in [1.29, 1.82) is 0 Å². The lowest BCUT2D eigenvalue weighted by molar-refractivity contribution is -0.0771. The fraction of sp³-hybridized carbons (Fsp3) is 0.931. The quantitative estimate of drug-likeness (QED) is 0.450. The third-order valence-corrected chi connectivity index (χ3v) is 11.5. The van der Waals surface area contributed by atoms with Gasteiger partial charge in [0.2, 0.25) is 0 Å². The van der Waals surface area contributed by atoms with Gasteiger partial charge in [-0.3, -0.25) is 0 Å². The van der Waals surface area contributed by atoms with Gasteiger partial charge in [0.25, 0.3) is 0 Å². The highest BCUT2D eigenvalue weighted by Gasteiger charge is 2.58. The second kappa shape index (κ2) is 7.86. The van der Waals surface area contributed by atoms with Crippen molar-refractivity contribution in [2.24, 2.45) is 40.4 Å². The van der Waals surface area contributed by atoms with Gasteiger partial charge in [-0.25, -0.2) is 0 Å². The summed E-state index contributed by atoms with van der Waals surface area (Å²) in [5.74, 6) is 3.89. The summed E-state index contributed by atoms with van der Waals surface area (Å²) in [6.07, 6.45) is 17.9. The Kier molecular flexibility index (Phi) is 6.04. The topological polar surface area (TPSA) is 40.5 Å². The zero-order valence-electron chi connectivity index (χ0n) is 20.1. The van der Waals surface area contributed by atoms with Gasteiger partial charge in [-0.05, 0) is 124 Å². The molecule has 2 heteroatoms.